The van der Waals surface area contributed by atoms with E-state index in [9.17, 15) is 27.6 Å². The standard InChI is InChI=1S/C22H23F3N2O4/c1-14(2)12-26-21(30)17-8-3-4-9-18(17)27-19(28)13-31-20(29)11-15-6-5-7-16(10-15)22(23,24)25/h3-10,14H,11-13H2,1-2H3,(H,26,30)(H,27,28). The lowest BCUT2D eigenvalue weighted by atomic mass is 10.1. The number of ether oxygens (including phenoxy) is 1. The second-order valence-corrected chi connectivity index (χ2v) is 7.23. The Labute approximate surface area is 177 Å². The Hall–Kier alpha value is -3.36. The van der Waals surface area contributed by atoms with Crippen LogP contribution in [0.25, 0.3) is 0 Å². The first kappa shape index (κ1) is 23.9. The van der Waals surface area contributed by atoms with Crippen molar-refractivity contribution < 1.29 is 32.3 Å². The number of halogens is 3. The topological polar surface area (TPSA) is 84.5 Å². The quantitative estimate of drug-likeness (QED) is 0.617. The molecule has 0 saturated heterocycles. The van der Waals surface area contributed by atoms with Crippen molar-refractivity contribution in [2.45, 2.75) is 26.4 Å². The second kappa shape index (κ2) is 10.6. The smallest absolute Gasteiger partial charge is 0.416 e. The predicted molar refractivity (Wildman–Crippen MR) is 108 cm³/mol. The van der Waals surface area contributed by atoms with Crippen molar-refractivity contribution in [1.82, 2.24) is 5.32 Å². The SMILES string of the molecule is CC(C)CNC(=O)c1ccccc1NC(=O)COC(=O)Cc1cccc(C(F)(F)F)c1. The number of rotatable bonds is 8. The summed E-state index contributed by atoms with van der Waals surface area (Å²) in [7, 11) is 0. The molecule has 0 heterocycles. The number of anilines is 1. The van der Waals surface area contributed by atoms with Gasteiger partial charge in [-0.2, -0.15) is 13.2 Å². The number of benzene rings is 2. The van der Waals surface area contributed by atoms with Gasteiger partial charge in [-0.3, -0.25) is 14.4 Å². The van der Waals surface area contributed by atoms with Crippen molar-refractivity contribution in [3.8, 4) is 0 Å². The van der Waals surface area contributed by atoms with Gasteiger partial charge in [-0.1, -0.05) is 44.2 Å². The molecule has 2 amide bonds. The maximum absolute atomic E-state index is 12.7. The molecule has 0 aromatic heterocycles. The van der Waals surface area contributed by atoms with E-state index in [2.05, 4.69) is 10.6 Å². The summed E-state index contributed by atoms with van der Waals surface area (Å²) in [5.74, 6) is -1.63. The van der Waals surface area contributed by atoms with Gasteiger partial charge in [0.2, 0.25) is 0 Å². The van der Waals surface area contributed by atoms with Crippen LogP contribution in [0, 0.1) is 5.92 Å². The number of amides is 2. The molecule has 0 radical (unpaired) electrons. The lowest BCUT2D eigenvalue weighted by molar-refractivity contribution is -0.146. The molecular weight excluding hydrogens is 413 g/mol. The fourth-order valence-electron chi connectivity index (χ4n) is 2.59. The fraction of sp³-hybridized carbons (Fsp3) is 0.318. The molecule has 0 aliphatic rings. The van der Waals surface area contributed by atoms with Crippen LogP contribution in [-0.2, 0) is 26.9 Å². The Kier molecular flexibility index (Phi) is 8.18. The van der Waals surface area contributed by atoms with Gasteiger partial charge in [0.15, 0.2) is 6.61 Å². The summed E-state index contributed by atoms with van der Waals surface area (Å²) in [6.07, 6.45) is -4.93. The first-order valence-electron chi connectivity index (χ1n) is 9.55. The van der Waals surface area contributed by atoms with Crippen LogP contribution < -0.4 is 10.6 Å². The minimum atomic E-state index is -4.52. The van der Waals surface area contributed by atoms with Gasteiger partial charge in [-0.15, -0.1) is 0 Å². The van der Waals surface area contributed by atoms with E-state index in [0.717, 1.165) is 12.1 Å². The van der Waals surface area contributed by atoms with E-state index >= 15 is 0 Å². The van der Waals surface area contributed by atoms with E-state index in [1.54, 1.807) is 18.2 Å². The monoisotopic (exact) mass is 436 g/mol. The molecule has 31 heavy (non-hydrogen) atoms. The van der Waals surface area contributed by atoms with E-state index in [0.29, 0.717) is 6.54 Å². The van der Waals surface area contributed by atoms with E-state index < -0.39 is 36.6 Å². The van der Waals surface area contributed by atoms with Gasteiger partial charge >= 0.3 is 12.1 Å². The highest BCUT2D eigenvalue weighted by Gasteiger charge is 2.30. The molecule has 0 fully saturated rings. The summed E-state index contributed by atoms with van der Waals surface area (Å²) in [6.45, 7) is 3.72. The first-order valence-corrected chi connectivity index (χ1v) is 9.55. The summed E-state index contributed by atoms with van der Waals surface area (Å²) in [6, 6.07) is 10.7. The van der Waals surface area contributed by atoms with Crippen molar-refractivity contribution >= 4 is 23.5 Å². The Morgan fingerprint density at radius 2 is 1.74 bits per heavy atom. The van der Waals surface area contributed by atoms with E-state index in [1.165, 1.54) is 18.2 Å². The summed E-state index contributed by atoms with van der Waals surface area (Å²) in [5.41, 5.74) is -0.246. The molecule has 0 aliphatic carbocycles. The Balaban J connectivity index is 1.91. The molecule has 166 valence electrons. The average molecular weight is 436 g/mol. The number of esters is 1. The highest BCUT2D eigenvalue weighted by molar-refractivity contribution is 6.04. The molecule has 9 heteroatoms. The maximum atomic E-state index is 12.7. The number of para-hydroxylation sites is 1. The molecule has 2 N–H and O–H groups in total. The summed E-state index contributed by atoms with van der Waals surface area (Å²) < 4.78 is 43.1. The summed E-state index contributed by atoms with van der Waals surface area (Å²) >= 11 is 0. The van der Waals surface area contributed by atoms with Gasteiger partial charge in [-0.25, -0.2) is 0 Å². The largest absolute Gasteiger partial charge is 0.455 e. The van der Waals surface area contributed by atoms with Crippen molar-refractivity contribution in [3.05, 3.63) is 65.2 Å². The number of carbonyl (C=O) groups excluding carboxylic acids is 3. The number of hydrogen-bond acceptors (Lipinski definition) is 4. The van der Waals surface area contributed by atoms with Crippen LogP contribution in [-0.4, -0.2) is 30.9 Å². The lowest BCUT2D eigenvalue weighted by Crippen LogP contribution is -2.29. The third kappa shape index (κ3) is 7.76. The molecule has 2 aromatic rings. The molecule has 0 unspecified atom stereocenters. The third-order valence-electron chi connectivity index (χ3n) is 4.08. The van der Waals surface area contributed by atoms with E-state index in [4.69, 9.17) is 4.74 Å². The van der Waals surface area contributed by atoms with Gasteiger partial charge in [0.25, 0.3) is 11.8 Å². The Bertz CT molecular complexity index is 942. The number of hydrogen-bond donors (Lipinski definition) is 2. The van der Waals surface area contributed by atoms with Crippen molar-refractivity contribution in [3.63, 3.8) is 0 Å². The second-order valence-electron chi connectivity index (χ2n) is 7.23. The van der Waals surface area contributed by atoms with E-state index in [-0.39, 0.29) is 28.6 Å². The number of alkyl halides is 3. The highest BCUT2D eigenvalue weighted by Crippen LogP contribution is 2.29. The van der Waals surface area contributed by atoms with Gasteiger partial charge in [0.1, 0.15) is 0 Å². The molecule has 0 spiro atoms. The van der Waals surface area contributed by atoms with Crippen molar-refractivity contribution in [2.75, 3.05) is 18.5 Å². The van der Waals surface area contributed by atoms with Crippen LogP contribution in [0.15, 0.2) is 48.5 Å². The molecule has 0 atom stereocenters. The predicted octanol–water partition coefficient (Wildman–Crippen LogP) is 3.82. The van der Waals surface area contributed by atoms with Gasteiger partial charge in [0.05, 0.1) is 23.2 Å². The Morgan fingerprint density at radius 1 is 1.03 bits per heavy atom. The molecule has 0 bridgehead atoms. The zero-order valence-corrected chi connectivity index (χ0v) is 17.1. The normalized spacial score (nSPS) is 11.2. The number of nitrogens with one attached hydrogen (secondary N) is 2. The lowest BCUT2D eigenvalue weighted by Gasteiger charge is -2.13. The van der Waals surface area contributed by atoms with Crippen molar-refractivity contribution in [1.29, 1.82) is 0 Å². The minimum Gasteiger partial charge on any atom is -0.455 e. The molecule has 0 saturated carbocycles. The molecule has 2 rings (SSSR count). The van der Waals surface area contributed by atoms with Crippen LogP contribution in [0.4, 0.5) is 18.9 Å². The van der Waals surface area contributed by atoms with Crippen molar-refractivity contribution in [2.24, 2.45) is 5.92 Å². The van der Waals surface area contributed by atoms with Crippen LogP contribution in [0.2, 0.25) is 0 Å². The summed E-state index contributed by atoms with van der Waals surface area (Å²) in [4.78, 5) is 36.3. The van der Waals surface area contributed by atoms with Crippen LogP contribution >= 0.6 is 0 Å². The van der Waals surface area contributed by atoms with E-state index in [1.807, 2.05) is 13.8 Å². The fourth-order valence-corrected chi connectivity index (χ4v) is 2.59. The molecular formula is C22H23F3N2O4. The van der Waals surface area contributed by atoms with Gasteiger partial charge in [-0.05, 0) is 29.7 Å². The minimum absolute atomic E-state index is 0.118. The van der Waals surface area contributed by atoms with Gasteiger partial charge < -0.3 is 15.4 Å². The summed E-state index contributed by atoms with van der Waals surface area (Å²) in [5, 5.41) is 5.25. The molecule has 0 aliphatic heterocycles. The zero-order chi connectivity index (χ0) is 23.0. The average Bonchev–Trinajstić information content (AvgIpc) is 2.70. The highest BCUT2D eigenvalue weighted by atomic mass is 19.4. The molecule has 6 nitrogen and oxygen atoms in total. The zero-order valence-electron chi connectivity index (χ0n) is 17.1. The van der Waals surface area contributed by atoms with Crippen LogP contribution in [0.5, 0.6) is 0 Å². The third-order valence-corrected chi connectivity index (χ3v) is 4.08. The van der Waals surface area contributed by atoms with Gasteiger partial charge in [0, 0.05) is 6.54 Å². The molecule has 2 aromatic carbocycles. The number of carbonyl (C=O) groups is 3. The van der Waals surface area contributed by atoms with Crippen LogP contribution in [0.1, 0.15) is 35.3 Å². The Morgan fingerprint density at radius 3 is 2.42 bits per heavy atom. The van der Waals surface area contributed by atoms with Crippen LogP contribution in [0.3, 0.4) is 0 Å². The maximum Gasteiger partial charge on any atom is 0.416 e. The first-order chi connectivity index (χ1) is 14.6.